The number of hydrogen-bond acceptors (Lipinski definition) is 3. The van der Waals surface area contributed by atoms with Crippen molar-refractivity contribution in [2.45, 2.75) is 44.1 Å². The van der Waals surface area contributed by atoms with E-state index in [1.165, 1.54) is 11.0 Å². The molecule has 5 nitrogen and oxygen atoms in total. The summed E-state index contributed by atoms with van der Waals surface area (Å²) in [4.78, 5) is 25.2. The molecule has 0 radical (unpaired) electrons. The van der Waals surface area contributed by atoms with Crippen molar-refractivity contribution in [3.05, 3.63) is 28.2 Å². The first-order chi connectivity index (χ1) is 9.94. The molecule has 1 aromatic heterocycles. The molecule has 1 aliphatic heterocycles. The van der Waals surface area contributed by atoms with Crippen LogP contribution in [-0.2, 0) is 11.3 Å². The van der Waals surface area contributed by atoms with Gasteiger partial charge in [-0.05, 0) is 18.9 Å². The van der Waals surface area contributed by atoms with Crippen LogP contribution in [0.25, 0.3) is 0 Å². The van der Waals surface area contributed by atoms with Gasteiger partial charge in [-0.1, -0.05) is 0 Å². The Morgan fingerprint density at radius 3 is 2.57 bits per heavy atom. The molecule has 7 heteroatoms. The summed E-state index contributed by atoms with van der Waals surface area (Å²) in [5.74, 6) is -2.62. The number of amides is 1. The minimum atomic E-state index is -2.68. The Balaban J connectivity index is 1.67. The second kappa shape index (κ2) is 5.20. The van der Waals surface area contributed by atoms with Gasteiger partial charge in [-0.15, -0.1) is 0 Å². The van der Waals surface area contributed by atoms with E-state index < -0.39 is 5.92 Å². The summed E-state index contributed by atoms with van der Waals surface area (Å²) in [5.41, 5.74) is 0.489. The van der Waals surface area contributed by atoms with Crippen LogP contribution >= 0.6 is 0 Å². The average molecular weight is 297 g/mol. The van der Waals surface area contributed by atoms with Crippen molar-refractivity contribution in [3.8, 4) is 0 Å². The predicted octanol–water partition coefficient (Wildman–Crippen LogP) is 1.38. The molecule has 3 rings (SSSR count). The van der Waals surface area contributed by atoms with Gasteiger partial charge in [0.05, 0.1) is 5.69 Å². The number of nitrogens with zero attached hydrogens (tertiary/aromatic N) is 3. The molecule has 21 heavy (non-hydrogen) atoms. The highest BCUT2D eigenvalue weighted by molar-refractivity contribution is 5.76. The van der Waals surface area contributed by atoms with Gasteiger partial charge in [-0.3, -0.25) is 9.59 Å². The Hall–Kier alpha value is -1.79. The summed E-state index contributed by atoms with van der Waals surface area (Å²) in [6.07, 6.45) is 1.48. The molecule has 1 saturated heterocycles. The minimum Gasteiger partial charge on any atom is -0.341 e. The van der Waals surface area contributed by atoms with Crippen molar-refractivity contribution in [1.29, 1.82) is 0 Å². The van der Waals surface area contributed by atoms with Crippen LogP contribution in [-0.4, -0.2) is 39.6 Å². The van der Waals surface area contributed by atoms with Gasteiger partial charge in [0, 0.05) is 37.9 Å². The standard InChI is InChI=1S/C14H17F2N3O2/c15-14(16)5-7-18(8-6-14)13(21)9-19-12(20)4-3-11(17-19)10-1-2-10/h3-4,10H,1-2,5-9H2. The van der Waals surface area contributed by atoms with E-state index in [-0.39, 0.29) is 43.9 Å². The first-order valence-electron chi connectivity index (χ1n) is 7.18. The van der Waals surface area contributed by atoms with Crippen LogP contribution in [0.15, 0.2) is 16.9 Å². The Morgan fingerprint density at radius 1 is 1.29 bits per heavy atom. The van der Waals surface area contributed by atoms with Gasteiger partial charge in [-0.25, -0.2) is 13.5 Å². The Morgan fingerprint density at radius 2 is 1.95 bits per heavy atom. The number of carbonyl (C=O) groups is 1. The first-order valence-corrected chi connectivity index (χ1v) is 7.18. The third-order valence-electron chi connectivity index (χ3n) is 4.02. The van der Waals surface area contributed by atoms with Crippen molar-refractivity contribution in [3.63, 3.8) is 0 Å². The van der Waals surface area contributed by atoms with Gasteiger partial charge >= 0.3 is 0 Å². The zero-order chi connectivity index (χ0) is 15.0. The average Bonchev–Trinajstić information content (AvgIpc) is 3.25. The van der Waals surface area contributed by atoms with Crippen LogP contribution in [0.1, 0.15) is 37.3 Å². The van der Waals surface area contributed by atoms with Crippen molar-refractivity contribution in [1.82, 2.24) is 14.7 Å². The van der Waals surface area contributed by atoms with E-state index >= 15 is 0 Å². The topological polar surface area (TPSA) is 55.2 Å². The second-order valence-electron chi connectivity index (χ2n) is 5.77. The number of hydrogen-bond donors (Lipinski definition) is 0. The van der Waals surface area contributed by atoms with E-state index in [0.29, 0.717) is 5.92 Å². The molecule has 2 heterocycles. The highest BCUT2D eigenvalue weighted by atomic mass is 19.3. The maximum Gasteiger partial charge on any atom is 0.267 e. The third kappa shape index (κ3) is 3.28. The number of likely N-dealkylation sites (tertiary alicyclic amines) is 1. The quantitative estimate of drug-likeness (QED) is 0.847. The lowest BCUT2D eigenvalue weighted by Crippen LogP contribution is -2.45. The van der Waals surface area contributed by atoms with Crippen molar-refractivity contribution in [2.24, 2.45) is 0 Å². The van der Waals surface area contributed by atoms with Gasteiger partial charge in [-0.2, -0.15) is 5.10 Å². The van der Waals surface area contributed by atoms with Crippen LogP contribution in [0.2, 0.25) is 0 Å². The molecule has 1 amide bonds. The fourth-order valence-corrected chi connectivity index (χ4v) is 2.49. The van der Waals surface area contributed by atoms with E-state index in [1.54, 1.807) is 6.07 Å². The summed E-state index contributed by atoms with van der Waals surface area (Å²) >= 11 is 0. The van der Waals surface area contributed by atoms with Gasteiger partial charge < -0.3 is 4.90 Å². The molecule has 2 aliphatic rings. The maximum absolute atomic E-state index is 13.1. The number of alkyl halides is 2. The minimum absolute atomic E-state index is 0.0307. The lowest BCUT2D eigenvalue weighted by molar-refractivity contribution is -0.138. The predicted molar refractivity (Wildman–Crippen MR) is 71.2 cm³/mol. The normalized spacial score (nSPS) is 21.3. The summed E-state index contributed by atoms with van der Waals surface area (Å²) in [6.45, 7) is -0.114. The van der Waals surface area contributed by atoms with E-state index in [2.05, 4.69) is 5.10 Å². The Labute approximate surface area is 120 Å². The monoisotopic (exact) mass is 297 g/mol. The van der Waals surface area contributed by atoms with Gasteiger partial charge in [0.25, 0.3) is 11.5 Å². The zero-order valence-electron chi connectivity index (χ0n) is 11.6. The van der Waals surface area contributed by atoms with Crippen LogP contribution in [0.4, 0.5) is 8.78 Å². The summed E-state index contributed by atoms with van der Waals surface area (Å²) in [6, 6.07) is 3.11. The van der Waals surface area contributed by atoms with Gasteiger partial charge in [0.1, 0.15) is 6.54 Å². The summed E-state index contributed by atoms with van der Waals surface area (Å²) < 4.78 is 27.3. The summed E-state index contributed by atoms with van der Waals surface area (Å²) in [7, 11) is 0. The molecule has 1 saturated carbocycles. The number of carbonyl (C=O) groups excluding carboxylic acids is 1. The molecule has 1 aliphatic carbocycles. The molecule has 1 aromatic rings. The van der Waals surface area contributed by atoms with E-state index in [1.807, 2.05) is 0 Å². The van der Waals surface area contributed by atoms with Crippen LogP contribution in [0.3, 0.4) is 0 Å². The van der Waals surface area contributed by atoms with Crippen molar-refractivity contribution < 1.29 is 13.6 Å². The smallest absolute Gasteiger partial charge is 0.267 e. The first kappa shape index (κ1) is 14.2. The molecular formula is C14H17F2N3O2. The molecule has 2 fully saturated rings. The van der Waals surface area contributed by atoms with E-state index in [0.717, 1.165) is 23.2 Å². The van der Waals surface area contributed by atoms with Crippen molar-refractivity contribution in [2.75, 3.05) is 13.1 Å². The fourth-order valence-electron chi connectivity index (χ4n) is 2.49. The molecule has 0 atom stereocenters. The summed E-state index contributed by atoms with van der Waals surface area (Å²) in [5, 5.41) is 4.21. The highest BCUT2D eigenvalue weighted by Crippen LogP contribution is 2.38. The molecule has 0 spiro atoms. The second-order valence-corrected chi connectivity index (χ2v) is 5.77. The molecule has 0 bridgehead atoms. The lowest BCUT2D eigenvalue weighted by atomic mass is 10.1. The van der Waals surface area contributed by atoms with E-state index in [4.69, 9.17) is 0 Å². The zero-order valence-corrected chi connectivity index (χ0v) is 11.6. The molecule has 114 valence electrons. The number of piperidine rings is 1. The Kier molecular flexibility index (Phi) is 3.51. The number of rotatable bonds is 3. The largest absolute Gasteiger partial charge is 0.341 e. The fraction of sp³-hybridized carbons (Fsp3) is 0.643. The molecule has 0 unspecified atom stereocenters. The SMILES string of the molecule is O=C(Cn1nc(C2CC2)ccc1=O)N1CCC(F)(F)CC1. The molecular weight excluding hydrogens is 280 g/mol. The van der Waals surface area contributed by atoms with Gasteiger partial charge in [0.15, 0.2) is 0 Å². The van der Waals surface area contributed by atoms with Crippen LogP contribution in [0, 0.1) is 0 Å². The van der Waals surface area contributed by atoms with Crippen LogP contribution < -0.4 is 5.56 Å². The number of halogens is 2. The van der Waals surface area contributed by atoms with Crippen molar-refractivity contribution >= 4 is 5.91 Å². The van der Waals surface area contributed by atoms with E-state index in [9.17, 15) is 18.4 Å². The van der Waals surface area contributed by atoms with Gasteiger partial charge in [0.2, 0.25) is 5.91 Å². The molecule has 0 aromatic carbocycles. The maximum atomic E-state index is 13.1. The highest BCUT2D eigenvalue weighted by Gasteiger charge is 2.35. The lowest BCUT2D eigenvalue weighted by Gasteiger charge is -2.31. The van der Waals surface area contributed by atoms with Crippen LogP contribution in [0.5, 0.6) is 0 Å². The molecule has 0 N–H and O–H groups in total. The number of aromatic nitrogens is 2. The Bertz CT molecular complexity index is 600. The third-order valence-corrected chi connectivity index (χ3v) is 4.02.